The van der Waals surface area contributed by atoms with Crippen LogP contribution in [0.3, 0.4) is 0 Å². The van der Waals surface area contributed by atoms with Crippen LogP contribution in [-0.2, 0) is 9.84 Å². The van der Waals surface area contributed by atoms with Crippen molar-refractivity contribution in [2.24, 2.45) is 0 Å². The molecule has 1 N–H and O–H groups in total. The van der Waals surface area contributed by atoms with E-state index in [1.165, 1.54) is 5.69 Å². The van der Waals surface area contributed by atoms with E-state index in [0.717, 1.165) is 13.1 Å². The van der Waals surface area contributed by atoms with Crippen molar-refractivity contribution in [3.63, 3.8) is 0 Å². The molecule has 1 heterocycles. The molecule has 0 radical (unpaired) electrons. The van der Waals surface area contributed by atoms with E-state index in [4.69, 9.17) is 0 Å². The number of hydrogen-bond acceptors (Lipinski definition) is 4. The molecule has 7 heteroatoms. The Balaban J connectivity index is 1.39. The Morgan fingerprint density at radius 2 is 1.48 bits per heavy atom. The van der Waals surface area contributed by atoms with E-state index >= 15 is 0 Å². The number of carbonyl (C=O) groups is 1. The fraction of sp³-hybridized carbons (Fsp3) is 0.350. The second kappa shape index (κ2) is 8.90. The number of carbonyl (C=O) groups excluding carboxylic acids is 1. The van der Waals surface area contributed by atoms with Gasteiger partial charge in [-0.05, 0) is 30.7 Å². The lowest BCUT2D eigenvalue weighted by Crippen LogP contribution is -2.52. The van der Waals surface area contributed by atoms with Crippen molar-refractivity contribution >= 4 is 21.6 Å². The van der Waals surface area contributed by atoms with Gasteiger partial charge in [-0.1, -0.05) is 36.4 Å². The maximum Gasteiger partial charge on any atom is 0.317 e. The van der Waals surface area contributed by atoms with Gasteiger partial charge in [-0.2, -0.15) is 0 Å². The maximum absolute atomic E-state index is 12.3. The molecule has 0 aliphatic carbocycles. The molecule has 0 saturated carbocycles. The Kier molecular flexibility index (Phi) is 6.34. The molecule has 6 nitrogen and oxygen atoms in total. The number of amides is 2. The first-order chi connectivity index (χ1) is 13.1. The largest absolute Gasteiger partial charge is 0.368 e. The van der Waals surface area contributed by atoms with E-state index in [1.54, 1.807) is 35.2 Å². The average Bonchev–Trinajstić information content (AvgIpc) is 2.72. The molecule has 1 fully saturated rings. The number of hydrogen-bond donors (Lipinski definition) is 1. The van der Waals surface area contributed by atoms with E-state index in [9.17, 15) is 13.2 Å². The minimum atomic E-state index is -3.29. The SMILES string of the molecule is O=C(NCCCS(=O)(=O)c1ccccc1)N1CCN(c2ccccc2)CC1. The summed E-state index contributed by atoms with van der Waals surface area (Å²) in [6.45, 7) is 3.25. The third-order valence-electron chi connectivity index (χ3n) is 4.66. The summed E-state index contributed by atoms with van der Waals surface area (Å²) in [5, 5.41) is 2.84. The third-order valence-corrected chi connectivity index (χ3v) is 6.47. The van der Waals surface area contributed by atoms with Gasteiger partial charge in [0.2, 0.25) is 0 Å². The van der Waals surface area contributed by atoms with Crippen LogP contribution < -0.4 is 10.2 Å². The lowest BCUT2D eigenvalue weighted by Gasteiger charge is -2.36. The summed E-state index contributed by atoms with van der Waals surface area (Å²) < 4.78 is 24.4. The van der Waals surface area contributed by atoms with Gasteiger partial charge in [-0.3, -0.25) is 0 Å². The van der Waals surface area contributed by atoms with E-state index in [-0.39, 0.29) is 11.8 Å². The molecule has 27 heavy (non-hydrogen) atoms. The molecule has 0 unspecified atom stereocenters. The predicted molar refractivity (Wildman–Crippen MR) is 107 cm³/mol. The van der Waals surface area contributed by atoms with Gasteiger partial charge in [0.1, 0.15) is 0 Å². The molecule has 3 rings (SSSR count). The summed E-state index contributed by atoms with van der Waals surface area (Å²) in [6.07, 6.45) is 0.396. The quantitative estimate of drug-likeness (QED) is 0.773. The predicted octanol–water partition coefficient (Wildman–Crippen LogP) is 2.38. The molecule has 1 saturated heterocycles. The fourth-order valence-electron chi connectivity index (χ4n) is 3.12. The fourth-order valence-corrected chi connectivity index (χ4v) is 4.45. The first-order valence-corrected chi connectivity index (χ1v) is 10.8. The zero-order valence-corrected chi connectivity index (χ0v) is 16.1. The molecular formula is C20H25N3O3S. The number of rotatable bonds is 6. The summed E-state index contributed by atoms with van der Waals surface area (Å²) in [5.74, 6) is 0.0269. The summed E-state index contributed by atoms with van der Waals surface area (Å²) in [5.41, 5.74) is 1.17. The zero-order chi connectivity index (χ0) is 19.1. The standard InChI is InChI=1S/C20H25N3O3S/c24-20(21-12-7-17-27(25,26)19-10-5-2-6-11-19)23-15-13-22(14-16-23)18-8-3-1-4-9-18/h1-6,8-11H,7,12-17H2,(H,21,24). The number of benzene rings is 2. The molecular weight excluding hydrogens is 362 g/mol. The molecule has 1 aliphatic rings. The van der Waals surface area contributed by atoms with E-state index in [2.05, 4.69) is 22.3 Å². The molecule has 0 atom stereocenters. The van der Waals surface area contributed by atoms with Crippen LogP contribution in [0.5, 0.6) is 0 Å². The van der Waals surface area contributed by atoms with Crippen LogP contribution >= 0.6 is 0 Å². The van der Waals surface area contributed by atoms with Crippen molar-refractivity contribution in [1.29, 1.82) is 0 Å². The Hall–Kier alpha value is -2.54. The van der Waals surface area contributed by atoms with Crippen LogP contribution in [0, 0.1) is 0 Å². The van der Waals surface area contributed by atoms with Crippen LogP contribution in [0.15, 0.2) is 65.6 Å². The molecule has 0 aromatic heterocycles. The average molecular weight is 388 g/mol. The third kappa shape index (κ3) is 5.23. The second-order valence-corrected chi connectivity index (χ2v) is 8.64. The number of nitrogens with one attached hydrogen (secondary N) is 1. The number of nitrogens with zero attached hydrogens (tertiary/aromatic N) is 2. The lowest BCUT2D eigenvalue weighted by atomic mass is 10.2. The van der Waals surface area contributed by atoms with E-state index in [1.807, 2.05) is 18.2 Å². The number of sulfone groups is 1. The number of urea groups is 1. The summed E-state index contributed by atoms with van der Waals surface area (Å²) in [6, 6.07) is 18.4. The van der Waals surface area contributed by atoms with Crippen LogP contribution in [0.4, 0.5) is 10.5 Å². The zero-order valence-electron chi connectivity index (χ0n) is 15.3. The van der Waals surface area contributed by atoms with Gasteiger partial charge in [0, 0.05) is 38.4 Å². The maximum atomic E-state index is 12.3. The summed E-state index contributed by atoms with van der Waals surface area (Å²) in [7, 11) is -3.29. The first kappa shape index (κ1) is 19.2. The highest BCUT2D eigenvalue weighted by molar-refractivity contribution is 7.91. The Morgan fingerprint density at radius 3 is 2.11 bits per heavy atom. The van der Waals surface area contributed by atoms with Gasteiger partial charge in [-0.25, -0.2) is 13.2 Å². The minimum absolute atomic E-state index is 0.0269. The molecule has 2 amide bonds. The summed E-state index contributed by atoms with van der Waals surface area (Å²) in [4.78, 5) is 16.7. The highest BCUT2D eigenvalue weighted by atomic mass is 32.2. The smallest absolute Gasteiger partial charge is 0.317 e. The number of piperazine rings is 1. The second-order valence-electron chi connectivity index (χ2n) is 6.53. The topological polar surface area (TPSA) is 69.7 Å². The van der Waals surface area contributed by atoms with Gasteiger partial charge in [0.15, 0.2) is 9.84 Å². The molecule has 1 aliphatic heterocycles. The van der Waals surface area contributed by atoms with Crippen LogP contribution in [0.2, 0.25) is 0 Å². The first-order valence-electron chi connectivity index (χ1n) is 9.17. The molecule has 2 aromatic carbocycles. The van der Waals surface area contributed by atoms with Crippen molar-refractivity contribution in [3.8, 4) is 0 Å². The van der Waals surface area contributed by atoms with E-state index < -0.39 is 9.84 Å². The molecule has 2 aromatic rings. The normalized spacial score (nSPS) is 14.8. The minimum Gasteiger partial charge on any atom is -0.368 e. The Morgan fingerprint density at radius 1 is 0.889 bits per heavy atom. The van der Waals surface area contributed by atoms with E-state index in [0.29, 0.717) is 31.0 Å². The van der Waals surface area contributed by atoms with Crippen molar-refractivity contribution in [1.82, 2.24) is 10.2 Å². The van der Waals surface area contributed by atoms with Crippen molar-refractivity contribution in [2.45, 2.75) is 11.3 Å². The van der Waals surface area contributed by atoms with Gasteiger partial charge in [0.25, 0.3) is 0 Å². The van der Waals surface area contributed by atoms with Crippen molar-refractivity contribution in [3.05, 3.63) is 60.7 Å². The molecule has 0 bridgehead atoms. The van der Waals surface area contributed by atoms with Gasteiger partial charge in [0.05, 0.1) is 10.6 Å². The van der Waals surface area contributed by atoms with Crippen molar-refractivity contribution < 1.29 is 13.2 Å². The number of para-hydroxylation sites is 1. The van der Waals surface area contributed by atoms with Gasteiger partial charge < -0.3 is 15.1 Å². The molecule has 144 valence electrons. The molecule has 0 spiro atoms. The van der Waals surface area contributed by atoms with Crippen LogP contribution in [-0.4, -0.2) is 57.8 Å². The Labute approximate surface area is 160 Å². The number of anilines is 1. The van der Waals surface area contributed by atoms with Gasteiger partial charge in [-0.15, -0.1) is 0 Å². The lowest BCUT2D eigenvalue weighted by molar-refractivity contribution is 0.194. The van der Waals surface area contributed by atoms with Crippen LogP contribution in [0.25, 0.3) is 0 Å². The monoisotopic (exact) mass is 387 g/mol. The highest BCUT2D eigenvalue weighted by Crippen LogP contribution is 2.15. The van der Waals surface area contributed by atoms with Crippen molar-refractivity contribution in [2.75, 3.05) is 43.4 Å². The summed E-state index contributed by atoms with van der Waals surface area (Å²) >= 11 is 0. The van der Waals surface area contributed by atoms with Crippen LogP contribution in [0.1, 0.15) is 6.42 Å². The highest BCUT2D eigenvalue weighted by Gasteiger charge is 2.21. The Bertz CT molecular complexity index is 833. The van der Waals surface area contributed by atoms with Gasteiger partial charge >= 0.3 is 6.03 Å².